The molecule has 0 amide bonds. The lowest BCUT2D eigenvalue weighted by molar-refractivity contribution is 0.0306. The number of benzene rings is 1. The van der Waals surface area contributed by atoms with Gasteiger partial charge in [0, 0.05) is 6.54 Å². The van der Waals surface area contributed by atoms with Crippen LogP contribution < -0.4 is 5.32 Å². The number of nitrogens with one attached hydrogen (secondary N) is 1. The third kappa shape index (κ3) is 5.26. The van der Waals surface area contributed by atoms with Gasteiger partial charge in [-0.25, -0.2) is 0 Å². The Morgan fingerprint density at radius 1 is 1.05 bits per heavy atom. The number of ether oxygens (including phenoxy) is 1. The average molecular weight is 275 g/mol. The van der Waals surface area contributed by atoms with E-state index in [2.05, 4.69) is 36.5 Å². The molecule has 112 valence electrons. The molecule has 0 atom stereocenters. The third-order valence-corrected chi connectivity index (χ3v) is 4.14. The Morgan fingerprint density at radius 2 is 1.75 bits per heavy atom. The second-order valence-corrected chi connectivity index (χ2v) is 5.87. The van der Waals surface area contributed by atoms with Crippen molar-refractivity contribution in [3.05, 3.63) is 35.4 Å². The van der Waals surface area contributed by atoms with Crippen LogP contribution in [0.3, 0.4) is 0 Å². The van der Waals surface area contributed by atoms with E-state index < -0.39 is 0 Å². The lowest BCUT2D eigenvalue weighted by atomic mass is 10.1. The van der Waals surface area contributed by atoms with Crippen molar-refractivity contribution in [1.29, 1.82) is 0 Å². The highest BCUT2D eigenvalue weighted by Gasteiger charge is 2.13. The molecule has 1 N–H and O–H groups in total. The maximum atomic E-state index is 6.17. The van der Waals surface area contributed by atoms with Crippen LogP contribution in [0, 0.1) is 0 Å². The van der Waals surface area contributed by atoms with E-state index in [9.17, 15) is 0 Å². The molecule has 1 aliphatic rings. The first-order chi connectivity index (χ1) is 9.90. The molecule has 0 aromatic heterocycles. The molecule has 2 heteroatoms. The van der Waals surface area contributed by atoms with Crippen molar-refractivity contribution in [2.75, 3.05) is 6.54 Å². The molecule has 0 radical (unpaired) electrons. The standard InChI is InChI=1S/C18H29NO/c1-2-13-19-14-16-9-7-8-10-17(16)15-20-18-11-5-3-4-6-12-18/h7-10,18-19H,2-6,11-15H2,1H3. The minimum absolute atomic E-state index is 0.481. The van der Waals surface area contributed by atoms with Gasteiger partial charge < -0.3 is 10.1 Å². The lowest BCUT2D eigenvalue weighted by Gasteiger charge is -2.17. The van der Waals surface area contributed by atoms with Crippen molar-refractivity contribution in [3.8, 4) is 0 Å². The first kappa shape index (κ1) is 15.5. The van der Waals surface area contributed by atoms with Crippen LogP contribution in [0.25, 0.3) is 0 Å². The van der Waals surface area contributed by atoms with Crippen LogP contribution in [0.5, 0.6) is 0 Å². The van der Waals surface area contributed by atoms with Crippen LogP contribution in [-0.2, 0) is 17.9 Å². The Balaban J connectivity index is 1.84. The predicted octanol–water partition coefficient (Wildman–Crippen LogP) is 4.43. The van der Waals surface area contributed by atoms with Gasteiger partial charge in [-0.3, -0.25) is 0 Å². The minimum Gasteiger partial charge on any atom is -0.374 e. The fourth-order valence-corrected chi connectivity index (χ4v) is 2.89. The molecule has 1 saturated carbocycles. The second-order valence-electron chi connectivity index (χ2n) is 5.87. The van der Waals surface area contributed by atoms with Gasteiger partial charge in [-0.1, -0.05) is 56.9 Å². The largest absolute Gasteiger partial charge is 0.374 e. The van der Waals surface area contributed by atoms with E-state index in [1.54, 1.807) is 0 Å². The molecular formula is C18H29NO. The molecule has 0 spiro atoms. The van der Waals surface area contributed by atoms with E-state index >= 15 is 0 Å². The fourth-order valence-electron chi connectivity index (χ4n) is 2.89. The fraction of sp³-hybridized carbons (Fsp3) is 0.667. The molecule has 1 aromatic rings. The van der Waals surface area contributed by atoms with E-state index in [1.807, 2.05) is 0 Å². The molecule has 1 aromatic carbocycles. The Kier molecular flexibility index (Phi) is 7.10. The van der Waals surface area contributed by atoms with Crippen LogP contribution >= 0.6 is 0 Å². The Morgan fingerprint density at radius 3 is 2.45 bits per heavy atom. The zero-order chi connectivity index (χ0) is 14.0. The molecule has 1 fully saturated rings. The van der Waals surface area contributed by atoms with Gasteiger partial charge in [0.25, 0.3) is 0 Å². The first-order valence-corrected chi connectivity index (χ1v) is 8.29. The van der Waals surface area contributed by atoms with Gasteiger partial charge in [-0.2, -0.15) is 0 Å². The van der Waals surface area contributed by atoms with E-state index in [4.69, 9.17) is 4.74 Å². The summed E-state index contributed by atoms with van der Waals surface area (Å²) in [5, 5.41) is 3.48. The highest BCUT2D eigenvalue weighted by molar-refractivity contribution is 5.26. The molecule has 2 rings (SSSR count). The number of rotatable bonds is 7. The lowest BCUT2D eigenvalue weighted by Crippen LogP contribution is -2.16. The zero-order valence-electron chi connectivity index (χ0n) is 12.9. The Bertz CT molecular complexity index is 369. The first-order valence-electron chi connectivity index (χ1n) is 8.29. The summed E-state index contributed by atoms with van der Waals surface area (Å²) in [6.07, 6.45) is 9.60. The van der Waals surface area contributed by atoms with Crippen molar-refractivity contribution >= 4 is 0 Å². The number of hydrogen-bond acceptors (Lipinski definition) is 2. The molecule has 0 aliphatic heterocycles. The smallest absolute Gasteiger partial charge is 0.0723 e. The van der Waals surface area contributed by atoms with Crippen molar-refractivity contribution in [1.82, 2.24) is 5.32 Å². The summed E-state index contributed by atoms with van der Waals surface area (Å²) in [5.41, 5.74) is 2.73. The summed E-state index contributed by atoms with van der Waals surface area (Å²) >= 11 is 0. The van der Waals surface area contributed by atoms with Crippen LogP contribution in [0.2, 0.25) is 0 Å². The molecule has 2 nitrogen and oxygen atoms in total. The summed E-state index contributed by atoms with van der Waals surface area (Å²) in [5.74, 6) is 0. The number of hydrogen-bond donors (Lipinski definition) is 1. The van der Waals surface area contributed by atoms with E-state index in [-0.39, 0.29) is 0 Å². The maximum Gasteiger partial charge on any atom is 0.0723 e. The summed E-state index contributed by atoms with van der Waals surface area (Å²) in [6.45, 7) is 5.01. The van der Waals surface area contributed by atoms with Crippen LogP contribution in [0.1, 0.15) is 63.0 Å². The van der Waals surface area contributed by atoms with Crippen molar-refractivity contribution < 1.29 is 4.74 Å². The highest BCUT2D eigenvalue weighted by atomic mass is 16.5. The van der Waals surface area contributed by atoms with Crippen molar-refractivity contribution in [2.24, 2.45) is 0 Å². The highest BCUT2D eigenvalue weighted by Crippen LogP contribution is 2.21. The Labute approximate surface area is 123 Å². The molecule has 0 bridgehead atoms. The van der Waals surface area contributed by atoms with Crippen molar-refractivity contribution in [2.45, 2.75) is 71.1 Å². The van der Waals surface area contributed by atoms with Gasteiger partial charge in [0.1, 0.15) is 0 Å². The monoisotopic (exact) mass is 275 g/mol. The van der Waals surface area contributed by atoms with Crippen LogP contribution in [0.4, 0.5) is 0 Å². The van der Waals surface area contributed by atoms with E-state index in [0.717, 1.165) is 19.7 Å². The molecule has 0 heterocycles. The van der Waals surface area contributed by atoms with Gasteiger partial charge >= 0.3 is 0 Å². The molecule has 20 heavy (non-hydrogen) atoms. The summed E-state index contributed by atoms with van der Waals surface area (Å²) in [4.78, 5) is 0. The second kappa shape index (κ2) is 9.15. The van der Waals surface area contributed by atoms with Gasteiger partial charge in [-0.05, 0) is 36.9 Å². The van der Waals surface area contributed by atoms with Gasteiger partial charge in [0.05, 0.1) is 12.7 Å². The molecule has 0 unspecified atom stereocenters. The van der Waals surface area contributed by atoms with Gasteiger partial charge in [-0.15, -0.1) is 0 Å². The molecule has 0 saturated heterocycles. The van der Waals surface area contributed by atoms with Gasteiger partial charge in [0.15, 0.2) is 0 Å². The quantitative estimate of drug-likeness (QED) is 0.587. The van der Waals surface area contributed by atoms with E-state index in [0.29, 0.717) is 6.10 Å². The summed E-state index contributed by atoms with van der Waals surface area (Å²) in [7, 11) is 0. The minimum atomic E-state index is 0.481. The predicted molar refractivity (Wildman–Crippen MR) is 84.7 cm³/mol. The van der Waals surface area contributed by atoms with Crippen molar-refractivity contribution in [3.63, 3.8) is 0 Å². The summed E-state index contributed by atoms with van der Waals surface area (Å²) in [6, 6.07) is 8.67. The normalized spacial score (nSPS) is 17.1. The Hall–Kier alpha value is -0.860. The average Bonchev–Trinajstić information content (AvgIpc) is 2.75. The molecule has 1 aliphatic carbocycles. The maximum absolute atomic E-state index is 6.17. The van der Waals surface area contributed by atoms with E-state index in [1.165, 1.54) is 56.1 Å². The third-order valence-electron chi connectivity index (χ3n) is 4.14. The topological polar surface area (TPSA) is 21.3 Å². The SMILES string of the molecule is CCCNCc1ccccc1COC1CCCCCC1. The van der Waals surface area contributed by atoms with Gasteiger partial charge in [0.2, 0.25) is 0 Å². The molecular weight excluding hydrogens is 246 g/mol. The summed E-state index contributed by atoms with van der Waals surface area (Å²) < 4.78 is 6.17. The van der Waals surface area contributed by atoms with Crippen LogP contribution in [-0.4, -0.2) is 12.6 Å². The van der Waals surface area contributed by atoms with Crippen LogP contribution in [0.15, 0.2) is 24.3 Å². The zero-order valence-corrected chi connectivity index (χ0v) is 12.9.